The molecular formula is H8B2Cl2Na2Pd. The van der Waals surface area contributed by atoms with Crippen molar-refractivity contribution < 1.29 is 104 Å². The second kappa shape index (κ2) is 57.8. The average molecular weight is 253 g/mol. The molecule has 0 aromatic rings. The fourth-order valence-corrected chi connectivity index (χ4v) is 0. The van der Waals surface area contributed by atoms with E-state index in [0.29, 0.717) is 0 Å². The van der Waals surface area contributed by atoms with Crippen molar-refractivity contribution in [1.29, 1.82) is 0 Å². The first-order valence-electron chi connectivity index (χ1n) is 0. The van der Waals surface area contributed by atoms with E-state index in [4.69, 9.17) is 0 Å². The summed E-state index contributed by atoms with van der Waals surface area (Å²) >= 11 is 0. The fraction of sp³-hybridized carbons (Fsp3) is 0. The molecule has 0 fully saturated rings. The molecule has 0 N–H and O–H groups in total. The Balaban J connectivity index is 0. The number of hydrogen-bond donors (Lipinski definition) is 0. The summed E-state index contributed by atoms with van der Waals surface area (Å²) in [4.78, 5) is 0. The summed E-state index contributed by atoms with van der Waals surface area (Å²) in [6.45, 7) is 0. The Kier molecular flexibility index (Phi) is 661. The fourth-order valence-electron chi connectivity index (χ4n) is 0. The van der Waals surface area contributed by atoms with Gasteiger partial charge in [-0.25, -0.2) is 0 Å². The molecule has 0 unspecified atom stereocenters. The Morgan fingerprint density at radius 2 is 0.571 bits per heavy atom. The van der Waals surface area contributed by atoms with Crippen molar-refractivity contribution >= 4 is 16.8 Å². The number of hydrogen-bond acceptors (Lipinski definition) is 0. The SMILES string of the molecule is [BH4-].[BH4-].[Cl-].[Cl-].[Na+].[Na+].[Pd+2]. The maximum absolute atomic E-state index is 0. The molecule has 0 aromatic carbocycles. The summed E-state index contributed by atoms with van der Waals surface area (Å²) in [5.74, 6) is 0. The molecule has 0 amide bonds. The molecule has 0 bridgehead atoms. The zero-order valence-electron chi connectivity index (χ0n) is 3.07. The molecular weight excluding hydrogens is 245 g/mol. The van der Waals surface area contributed by atoms with E-state index >= 15 is 0 Å². The van der Waals surface area contributed by atoms with Crippen LogP contribution in [0.3, 0.4) is 0 Å². The molecule has 0 radical (unpaired) electrons. The van der Waals surface area contributed by atoms with Gasteiger partial charge in [-0.05, 0) is 0 Å². The minimum atomic E-state index is 0. The molecule has 0 heterocycles. The first kappa shape index (κ1) is 80.1. The van der Waals surface area contributed by atoms with E-state index in [-0.39, 0.29) is 121 Å². The van der Waals surface area contributed by atoms with Crippen molar-refractivity contribution in [2.75, 3.05) is 0 Å². The molecule has 0 saturated heterocycles. The van der Waals surface area contributed by atoms with E-state index in [0.717, 1.165) is 0 Å². The normalized spacial score (nSPS) is 0. The van der Waals surface area contributed by atoms with E-state index in [1.807, 2.05) is 0 Å². The van der Waals surface area contributed by atoms with Gasteiger partial charge >= 0.3 is 79.5 Å². The molecule has 0 saturated carbocycles. The van der Waals surface area contributed by atoms with E-state index in [2.05, 4.69) is 0 Å². The van der Waals surface area contributed by atoms with Crippen LogP contribution in [0.5, 0.6) is 0 Å². The molecule has 7 heavy (non-hydrogen) atoms. The molecule has 7 heteroatoms. The van der Waals surface area contributed by atoms with Gasteiger partial charge in [0.15, 0.2) is 0 Å². The standard InChI is InChI=1S/2BH4.2ClH.2Na.Pd/h2*1H4;2*1H;;;/q2*-1;;;2*+1;+2/p-2. The van der Waals surface area contributed by atoms with Crippen molar-refractivity contribution in [1.82, 2.24) is 0 Å². The second-order valence-electron chi connectivity index (χ2n) is 0. The minimum Gasteiger partial charge on any atom is -1.00 e. The first-order valence-corrected chi connectivity index (χ1v) is 0. The third kappa shape index (κ3) is 44.8. The van der Waals surface area contributed by atoms with E-state index in [1.54, 1.807) is 0 Å². The second-order valence-corrected chi connectivity index (χ2v) is 0. The van der Waals surface area contributed by atoms with Crippen LogP contribution in [0.2, 0.25) is 0 Å². The molecule has 0 aliphatic heterocycles. The summed E-state index contributed by atoms with van der Waals surface area (Å²) in [6, 6.07) is 0. The molecule has 0 aliphatic carbocycles. The number of rotatable bonds is 0. The van der Waals surface area contributed by atoms with Crippen molar-refractivity contribution in [3.8, 4) is 0 Å². The van der Waals surface area contributed by atoms with E-state index in [9.17, 15) is 0 Å². The topological polar surface area (TPSA) is 0 Å². The Morgan fingerprint density at radius 1 is 0.571 bits per heavy atom. The maximum Gasteiger partial charge on any atom is 2.00 e. The predicted octanol–water partition coefficient (Wildman–Crippen LogP) is -14.9. The van der Waals surface area contributed by atoms with Crippen molar-refractivity contribution in [2.45, 2.75) is 0 Å². The summed E-state index contributed by atoms with van der Waals surface area (Å²) in [6.07, 6.45) is 0. The molecule has 0 nitrogen and oxygen atoms in total. The monoisotopic (exact) mass is 252 g/mol. The summed E-state index contributed by atoms with van der Waals surface area (Å²) in [7, 11) is 0. The predicted molar refractivity (Wildman–Crippen MR) is 22.7 cm³/mol. The van der Waals surface area contributed by atoms with Crippen molar-refractivity contribution in [3.05, 3.63) is 0 Å². The quantitative estimate of drug-likeness (QED) is 0.376. The van der Waals surface area contributed by atoms with Crippen molar-refractivity contribution in [2.24, 2.45) is 0 Å². The smallest absolute Gasteiger partial charge is 1.00 e. The summed E-state index contributed by atoms with van der Waals surface area (Å²) < 4.78 is 0. The van der Waals surface area contributed by atoms with Crippen LogP contribution in [0.4, 0.5) is 0 Å². The van der Waals surface area contributed by atoms with Gasteiger partial charge in [-0.2, -0.15) is 0 Å². The van der Waals surface area contributed by atoms with Crippen LogP contribution >= 0.6 is 0 Å². The largest absolute Gasteiger partial charge is 2.00 e. The molecule has 0 rings (SSSR count). The summed E-state index contributed by atoms with van der Waals surface area (Å²) in [5.41, 5.74) is 0. The van der Waals surface area contributed by atoms with Crippen LogP contribution in [0.15, 0.2) is 0 Å². The van der Waals surface area contributed by atoms with E-state index < -0.39 is 0 Å². The van der Waals surface area contributed by atoms with Crippen LogP contribution in [0.25, 0.3) is 0 Å². The Bertz CT molecular complexity index is 13.7. The third-order valence-corrected chi connectivity index (χ3v) is 0. The summed E-state index contributed by atoms with van der Waals surface area (Å²) in [5, 5.41) is 0. The molecule has 0 aromatic heterocycles. The van der Waals surface area contributed by atoms with Crippen LogP contribution in [-0.2, 0) is 20.4 Å². The molecule has 0 spiro atoms. The van der Waals surface area contributed by atoms with Gasteiger partial charge in [-0.1, -0.05) is 16.8 Å². The van der Waals surface area contributed by atoms with Gasteiger partial charge in [0, 0.05) is 0 Å². The van der Waals surface area contributed by atoms with Crippen LogP contribution in [0, 0.1) is 0 Å². The molecule has 0 atom stereocenters. The van der Waals surface area contributed by atoms with Gasteiger partial charge in [0.1, 0.15) is 0 Å². The van der Waals surface area contributed by atoms with Gasteiger partial charge in [-0.3, -0.25) is 0 Å². The van der Waals surface area contributed by atoms with Crippen LogP contribution in [0.1, 0.15) is 0 Å². The Labute approximate surface area is 119 Å². The minimum absolute atomic E-state index is 0. The average Bonchev–Trinajstić information content (AvgIpc) is 0. The maximum atomic E-state index is 0. The van der Waals surface area contributed by atoms with Crippen LogP contribution < -0.4 is 83.9 Å². The van der Waals surface area contributed by atoms with Gasteiger partial charge < -0.3 is 24.8 Å². The Morgan fingerprint density at radius 3 is 0.571 bits per heavy atom. The van der Waals surface area contributed by atoms with Gasteiger partial charge in [0.05, 0.1) is 0 Å². The first-order chi connectivity index (χ1) is 0. The molecule has 40 valence electrons. The van der Waals surface area contributed by atoms with Gasteiger partial charge in [0.2, 0.25) is 0 Å². The van der Waals surface area contributed by atoms with Gasteiger partial charge in [0.25, 0.3) is 0 Å². The van der Waals surface area contributed by atoms with Crippen molar-refractivity contribution in [3.63, 3.8) is 0 Å². The third-order valence-electron chi connectivity index (χ3n) is 0. The molecule has 0 aliphatic rings. The van der Waals surface area contributed by atoms with E-state index in [1.165, 1.54) is 0 Å². The Hall–Kier alpha value is 3.37. The number of halogens is 2. The zero-order valence-corrected chi connectivity index (χ0v) is 10.1. The van der Waals surface area contributed by atoms with Crippen LogP contribution in [-0.4, -0.2) is 16.8 Å². The zero-order chi connectivity index (χ0) is 0. The van der Waals surface area contributed by atoms with Gasteiger partial charge in [-0.15, -0.1) is 0 Å².